The Kier molecular flexibility index (Phi) is 4.83. The average Bonchev–Trinajstić information content (AvgIpc) is 3.39. The summed E-state index contributed by atoms with van der Waals surface area (Å²) in [4.78, 5) is 25.6. The van der Waals surface area contributed by atoms with Crippen LogP contribution in [-0.4, -0.2) is 27.9 Å². The van der Waals surface area contributed by atoms with Crippen LogP contribution >= 0.6 is 0 Å². The van der Waals surface area contributed by atoms with Gasteiger partial charge in [-0.05, 0) is 44.2 Å². The predicted molar refractivity (Wildman–Crippen MR) is 83.0 cm³/mol. The van der Waals surface area contributed by atoms with Gasteiger partial charge in [0.25, 0.3) is 0 Å². The van der Waals surface area contributed by atoms with E-state index in [-0.39, 0.29) is 30.0 Å². The molecule has 6 heteroatoms. The Hall–Kier alpha value is -1.98. The smallest absolute Gasteiger partial charge is 0.306 e. The average molecular weight is 337 g/mol. The first-order valence-corrected chi connectivity index (χ1v) is 8.43. The van der Waals surface area contributed by atoms with Crippen molar-refractivity contribution in [3.8, 4) is 0 Å². The van der Waals surface area contributed by atoms with Gasteiger partial charge < -0.3 is 10.0 Å². The number of rotatable bonds is 5. The van der Waals surface area contributed by atoms with E-state index in [0.29, 0.717) is 25.7 Å². The van der Waals surface area contributed by atoms with E-state index in [2.05, 4.69) is 0 Å². The van der Waals surface area contributed by atoms with Crippen LogP contribution < -0.4 is 0 Å². The van der Waals surface area contributed by atoms with Crippen LogP contribution in [0.2, 0.25) is 0 Å². The standard InChI is InChI=1S/C18H21F2NO3/c19-15-5-2-6-16(20)14(15)10-21(13-7-8-13)17(22)11-3-1-4-12(9-11)18(23)24/h2,5-6,11-13H,1,3-4,7-10H2,(H,23,24). The number of carbonyl (C=O) groups is 2. The molecule has 2 aliphatic rings. The third kappa shape index (κ3) is 3.57. The van der Waals surface area contributed by atoms with Gasteiger partial charge in [0.1, 0.15) is 11.6 Å². The number of aliphatic carboxylic acids is 1. The van der Waals surface area contributed by atoms with Gasteiger partial charge in [0.2, 0.25) is 5.91 Å². The molecule has 1 aromatic rings. The molecule has 0 aliphatic heterocycles. The van der Waals surface area contributed by atoms with Crippen LogP contribution in [0.15, 0.2) is 18.2 Å². The van der Waals surface area contributed by atoms with Gasteiger partial charge in [0, 0.05) is 17.5 Å². The van der Waals surface area contributed by atoms with Crippen LogP contribution in [0.5, 0.6) is 0 Å². The number of carboxylic acids is 1. The summed E-state index contributed by atoms with van der Waals surface area (Å²) >= 11 is 0. The molecule has 0 aromatic heterocycles. The third-order valence-corrected chi connectivity index (χ3v) is 5.03. The number of carbonyl (C=O) groups excluding carboxylic acids is 1. The van der Waals surface area contributed by atoms with E-state index in [1.807, 2.05) is 0 Å². The second-order valence-corrected chi connectivity index (χ2v) is 6.80. The molecule has 1 aromatic carbocycles. The number of halogens is 2. The van der Waals surface area contributed by atoms with Gasteiger partial charge in [0.05, 0.1) is 12.5 Å². The molecule has 1 amide bonds. The molecular formula is C18H21F2NO3. The molecule has 2 unspecified atom stereocenters. The molecule has 2 aliphatic carbocycles. The van der Waals surface area contributed by atoms with E-state index in [9.17, 15) is 23.5 Å². The van der Waals surface area contributed by atoms with Gasteiger partial charge in [-0.2, -0.15) is 0 Å². The Morgan fingerprint density at radius 1 is 1.08 bits per heavy atom. The molecule has 2 atom stereocenters. The van der Waals surface area contributed by atoms with Crippen LogP contribution in [0.1, 0.15) is 44.1 Å². The van der Waals surface area contributed by atoms with Crippen molar-refractivity contribution in [3.63, 3.8) is 0 Å². The van der Waals surface area contributed by atoms with Crippen molar-refractivity contribution in [1.82, 2.24) is 4.90 Å². The summed E-state index contributed by atoms with van der Waals surface area (Å²) in [5, 5.41) is 9.18. The number of amides is 1. The first kappa shape index (κ1) is 16.9. The van der Waals surface area contributed by atoms with E-state index in [1.54, 1.807) is 4.90 Å². The Bertz CT molecular complexity index is 625. The van der Waals surface area contributed by atoms with Crippen molar-refractivity contribution in [1.29, 1.82) is 0 Å². The highest BCUT2D eigenvalue weighted by Gasteiger charge is 2.39. The normalized spacial score (nSPS) is 23.8. The van der Waals surface area contributed by atoms with Crippen LogP contribution in [0.4, 0.5) is 8.78 Å². The lowest BCUT2D eigenvalue weighted by Crippen LogP contribution is -2.40. The second kappa shape index (κ2) is 6.87. The Morgan fingerprint density at radius 2 is 1.71 bits per heavy atom. The summed E-state index contributed by atoms with van der Waals surface area (Å²) < 4.78 is 27.8. The SMILES string of the molecule is O=C(O)C1CCCC(C(=O)N(Cc2c(F)cccc2F)C2CC2)C1. The second-order valence-electron chi connectivity index (χ2n) is 6.80. The maximum Gasteiger partial charge on any atom is 0.306 e. The van der Waals surface area contributed by atoms with Gasteiger partial charge in [-0.1, -0.05) is 12.5 Å². The largest absolute Gasteiger partial charge is 0.481 e. The van der Waals surface area contributed by atoms with Gasteiger partial charge in [0.15, 0.2) is 0 Å². The van der Waals surface area contributed by atoms with Crippen LogP contribution in [0, 0.1) is 23.5 Å². The molecule has 1 N–H and O–H groups in total. The first-order valence-electron chi connectivity index (χ1n) is 8.43. The topological polar surface area (TPSA) is 57.6 Å². The molecule has 4 nitrogen and oxygen atoms in total. The fourth-order valence-electron chi connectivity index (χ4n) is 3.50. The van der Waals surface area contributed by atoms with Crippen molar-refractivity contribution >= 4 is 11.9 Å². The van der Waals surface area contributed by atoms with Gasteiger partial charge in [-0.3, -0.25) is 9.59 Å². The van der Waals surface area contributed by atoms with E-state index in [1.165, 1.54) is 18.2 Å². The molecule has 0 saturated heterocycles. The summed E-state index contributed by atoms with van der Waals surface area (Å²) in [6.07, 6.45) is 3.90. The van der Waals surface area contributed by atoms with Crippen LogP contribution in [0.3, 0.4) is 0 Å². The fraction of sp³-hybridized carbons (Fsp3) is 0.556. The van der Waals surface area contributed by atoms with Gasteiger partial charge in [-0.15, -0.1) is 0 Å². The maximum atomic E-state index is 13.9. The molecule has 0 spiro atoms. The zero-order valence-electron chi connectivity index (χ0n) is 13.4. The highest BCUT2D eigenvalue weighted by atomic mass is 19.1. The van der Waals surface area contributed by atoms with Crippen molar-refractivity contribution in [2.24, 2.45) is 11.8 Å². The highest BCUT2D eigenvalue weighted by Crippen LogP contribution is 2.35. The predicted octanol–water partition coefficient (Wildman–Crippen LogP) is 3.35. The molecule has 0 bridgehead atoms. The number of nitrogens with zero attached hydrogens (tertiary/aromatic N) is 1. The van der Waals surface area contributed by atoms with E-state index < -0.39 is 23.5 Å². The first-order chi connectivity index (χ1) is 11.5. The summed E-state index contributed by atoms with van der Waals surface area (Å²) in [6.45, 7) is -0.0871. The lowest BCUT2D eigenvalue weighted by Gasteiger charge is -2.31. The van der Waals surface area contributed by atoms with Crippen molar-refractivity contribution in [3.05, 3.63) is 35.4 Å². The minimum atomic E-state index is -0.870. The van der Waals surface area contributed by atoms with Crippen LogP contribution in [-0.2, 0) is 16.1 Å². The summed E-state index contributed by atoms with van der Waals surface area (Å²) in [5.74, 6) is -3.20. The molecular weight excluding hydrogens is 316 g/mol. The summed E-state index contributed by atoms with van der Waals surface area (Å²) in [5.41, 5.74) is -0.0941. The van der Waals surface area contributed by atoms with Crippen molar-refractivity contribution in [2.75, 3.05) is 0 Å². The number of benzene rings is 1. The summed E-state index contributed by atoms with van der Waals surface area (Å²) in [6, 6.07) is 3.70. The molecule has 130 valence electrons. The Balaban J connectivity index is 1.76. The number of carboxylic acid groups (broad SMARTS) is 1. The molecule has 3 rings (SSSR count). The zero-order valence-corrected chi connectivity index (χ0v) is 13.4. The highest BCUT2D eigenvalue weighted by molar-refractivity contribution is 5.81. The lowest BCUT2D eigenvalue weighted by atomic mass is 9.80. The van der Waals surface area contributed by atoms with E-state index in [0.717, 1.165) is 12.8 Å². The summed E-state index contributed by atoms with van der Waals surface area (Å²) in [7, 11) is 0. The van der Waals surface area contributed by atoms with Crippen LogP contribution in [0.25, 0.3) is 0 Å². The Labute approximate surface area is 139 Å². The van der Waals surface area contributed by atoms with Gasteiger partial charge >= 0.3 is 5.97 Å². The lowest BCUT2D eigenvalue weighted by molar-refractivity contribution is -0.145. The zero-order chi connectivity index (χ0) is 17.3. The number of hydrogen-bond donors (Lipinski definition) is 1. The quantitative estimate of drug-likeness (QED) is 0.896. The number of hydrogen-bond acceptors (Lipinski definition) is 2. The maximum absolute atomic E-state index is 13.9. The van der Waals surface area contributed by atoms with E-state index >= 15 is 0 Å². The fourth-order valence-corrected chi connectivity index (χ4v) is 3.50. The van der Waals surface area contributed by atoms with Crippen molar-refractivity contribution < 1.29 is 23.5 Å². The monoisotopic (exact) mass is 337 g/mol. The van der Waals surface area contributed by atoms with Gasteiger partial charge in [-0.25, -0.2) is 8.78 Å². The molecule has 0 heterocycles. The minimum Gasteiger partial charge on any atom is -0.481 e. The molecule has 24 heavy (non-hydrogen) atoms. The van der Waals surface area contributed by atoms with E-state index in [4.69, 9.17) is 0 Å². The molecule has 2 saturated carbocycles. The Morgan fingerprint density at radius 3 is 2.29 bits per heavy atom. The molecule has 0 radical (unpaired) electrons. The molecule has 2 fully saturated rings. The third-order valence-electron chi connectivity index (χ3n) is 5.03. The van der Waals surface area contributed by atoms with Crippen molar-refractivity contribution in [2.45, 2.75) is 51.1 Å². The minimum absolute atomic E-state index is 0.0155.